The molecule has 1 heterocycles. The number of nitrogens with zero attached hydrogens (tertiary/aromatic N) is 1. The summed E-state index contributed by atoms with van der Waals surface area (Å²) in [4.78, 5) is 5.60. The Balaban J connectivity index is 2.08. The maximum Gasteiger partial charge on any atom is 0.101 e. The van der Waals surface area contributed by atoms with Gasteiger partial charge in [0.15, 0.2) is 0 Å². The van der Waals surface area contributed by atoms with Crippen LogP contribution in [0.4, 0.5) is 0 Å². The van der Waals surface area contributed by atoms with Crippen molar-refractivity contribution in [1.29, 1.82) is 0 Å². The van der Waals surface area contributed by atoms with Gasteiger partial charge in [-0.2, -0.15) is 0 Å². The first-order valence-electron chi connectivity index (χ1n) is 5.75. The van der Waals surface area contributed by atoms with Gasteiger partial charge in [-0.1, -0.05) is 29.4 Å². The van der Waals surface area contributed by atoms with Crippen molar-refractivity contribution in [3.8, 4) is 0 Å². The first kappa shape index (κ1) is 13.4. The predicted octanol–water partition coefficient (Wildman–Crippen LogP) is 4.17. The van der Waals surface area contributed by atoms with Gasteiger partial charge < -0.3 is 5.32 Å². The quantitative estimate of drug-likeness (QED) is 0.909. The number of hydrogen-bond acceptors (Lipinski definition) is 3. The second-order valence-corrected chi connectivity index (χ2v) is 5.53. The van der Waals surface area contributed by atoms with Crippen LogP contribution in [-0.4, -0.2) is 12.0 Å². The Labute approximate surface area is 117 Å². The Bertz CT molecular complexity index is 496. The number of halogens is 1. The molecule has 18 heavy (non-hydrogen) atoms. The predicted molar refractivity (Wildman–Crippen MR) is 77.3 cm³/mol. The molecule has 0 saturated heterocycles. The number of nitrogens with one attached hydrogen (secondary N) is 1. The molecule has 0 aliphatic carbocycles. The number of aromatic nitrogens is 1. The molecule has 1 N–H and O–H groups in total. The Morgan fingerprint density at radius 1 is 1.17 bits per heavy atom. The Hall–Kier alpha value is -1.03. The van der Waals surface area contributed by atoms with E-state index in [1.165, 1.54) is 5.56 Å². The summed E-state index contributed by atoms with van der Waals surface area (Å²) < 4.78 is 0. The monoisotopic (exact) mass is 278 g/mol. The van der Waals surface area contributed by atoms with Gasteiger partial charge in [-0.3, -0.25) is 0 Å². The molecule has 1 unspecified atom stereocenters. The summed E-state index contributed by atoms with van der Waals surface area (Å²) in [5.41, 5.74) is 1.19. The lowest BCUT2D eigenvalue weighted by molar-refractivity contribution is 0.648. The summed E-state index contributed by atoms with van der Waals surface area (Å²) in [6.45, 7) is 2.11. The van der Waals surface area contributed by atoms with Gasteiger partial charge in [-0.25, -0.2) is 4.98 Å². The molecular weight excluding hydrogens is 264 g/mol. The highest BCUT2D eigenvalue weighted by Crippen LogP contribution is 2.27. The molecule has 0 saturated carbocycles. The second kappa shape index (κ2) is 6.23. The van der Waals surface area contributed by atoms with E-state index in [2.05, 4.69) is 23.3 Å². The van der Waals surface area contributed by atoms with E-state index >= 15 is 0 Å². The maximum absolute atomic E-state index is 5.85. The molecule has 94 valence electrons. The van der Waals surface area contributed by atoms with Crippen molar-refractivity contribution >= 4 is 23.4 Å². The molecule has 1 aromatic carbocycles. The van der Waals surface area contributed by atoms with E-state index in [9.17, 15) is 0 Å². The zero-order valence-corrected chi connectivity index (χ0v) is 11.9. The average molecular weight is 279 g/mol. The van der Waals surface area contributed by atoms with Crippen LogP contribution in [-0.2, 0) is 0 Å². The van der Waals surface area contributed by atoms with Crippen LogP contribution in [0.3, 0.4) is 0 Å². The van der Waals surface area contributed by atoms with Gasteiger partial charge >= 0.3 is 0 Å². The fourth-order valence-corrected chi connectivity index (χ4v) is 2.38. The average Bonchev–Trinajstić information content (AvgIpc) is 2.41. The minimum absolute atomic E-state index is 0.326. The summed E-state index contributed by atoms with van der Waals surface area (Å²) in [7, 11) is 1.95. The highest BCUT2D eigenvalue weighted by Gasteiger charge is 2.04. The molecule has 0 fully saturated rings. The third kappa shape index (κ3) is 3.48. The molecule has 0 bridgehead atoms. The molecule has 2 aromatic rings. The minimum Gasteiger partial charge on any atom is -0.313 e. The third-order valence-corrected chi connectivity index (χ3v) is 3.94. The molecule has 1 atom stereocenters. The summed E-state index contributed by atoms with van der Waals surface area (Å²) in [6, 6.07) is 12.3. The zero-order valence-electron chi connectivity index (χ0n) is 10.4. The van der Waals surface area contributed by atoms with E-state index in [4.69, 9.17) is 11.6 Å². The molecule has 0 aliphatic heterocycles. The van der Waals surface area contributed by atoms with Crippen LogP contribution < -0.4 is 5.32 Å². The number of pyridine rings is 1. The van der Waals surface area contributed by atoms with Crippen LogP contribution >= 0.6 is 23.4 Å². The van der Waals surface area contributed by atoms with Crippen molar-refractivity contribution in [3.05, 3.63) is 53.2 Å². The standard InChI is InChI=1S/C14H15ClN2S/c1-10(16-2)11-3-8-14(17-9-11)18-13-6-4-12(15)5-7-13/h3-10,16H,1-2H3. The van der Waals surface area contributed by atoms with Crippen molar-refractivity contribution in [2.24, 2.45) is 0 Å². The van der Waals surface area contributed by atoms with E-state index in [0.717, 1.165) is 14.9 Å². The van der Waals surface area contributed by atoms with Gasteiger partial charge in [0.05, 0.1) is 0 Å². The molecule has 2 nitrogen and oxygen atoms in total. The molecule has 2 rings (SSSR count). The van der Waals surface area contributed by atoms with Crippen LogP contribution in [0.15, 0.2) is 52.5 Å². The van der Waals surface area contributed by atoms with E-state index < -0.39 is 0 Å². The molecule has 0 amide bonds. The molecule has 0 spiro atoms. The highest BCUT2D eigenvalue weighted by molar-refractivity contribution is 7.99. The number of benzene rings is 1. The number of hydrogen-bond donors (Lipinski definition) is 1. The first-order chi connectivity index (χ1) is 8.69. The van der Waals surface area contributed by atoms with Crippen LogP contribution in [0.25, 0.3) is 0 Å². The Morgan fingerprint density at radius 3 is 2.44 bits per heavy atom. The largest absolute Gasteiger partial charge is 0.313 e. The Kier molecular flexibility index (Phi) is 4.64. The number of rotatable bonds is 4. The summed E-state index contributed by atoms with van der Waals surface area (Å²) in [6.07, 6.45) is 1.92. The van der Waals surface area contributed by atoms with Crippen LogP contribution in [0, 0.1) is 0 Å². The smallest absolute Gasteiger partial charge is 0.101 e. The zero-order chi connectivity index (χ0) is 13.0. The van der Waals surface area contributed by atoms with Crippen molar-refractivity contribution < 1.29 is 0 Å². The Morgan fingerprint density at radius 2 is 1.89 bits per heavy atom. The summed E-state index contributed by atoms with van der Waals surface area (Å²) in [5.74, 6) is 0. The normalized spacial score (nSPS) is 12.4. The fraction of sp³-hybridized carbons (Fsp3) is 0.214. The third-order valence-electron chi connectivity index (χ3n) is 2.73. The van der Waals surface area contributed by atoms with Gasteiger partial charge in [-0.15, -0.1) is 0 Å². The van der Waals surface area contributed by atoms with Gasteiger partial charge in [0.1, 0.15) is 5.03 Å². The van der Waals surface area contributed by atoms with Crippen LogP contribution in [0.2, 0.25) is 5.02 Å². The van der Waals surface area contributed by atoms with Gasteiger partial charge in [0, 0.05) is 22.2 Å². The van der Waals surface area contributed by atoms with Crippen LogP contribution in [0.1, 0.15) is 18.5 Å². The van der Waals surface area contributed by atoms with Crippen molar-refractivity contribution in [3.63, 3.8) is 0 Å². The summed E-state index contributed by atoms with van der Waals surface area (Å²) in [5, 5.41) is 4.94. The minimum atomic E-state index is 0.326. The maximum atomic E-state index is 5.85. The molecule has 0 radical (unpaired) electrons. The van der Waals surface area contributed by atoms with Gasteiger partial charge in [0.2, 0.25) is 0 Å². The van der Waals surface area contributed by atoms with Crippen molar-refractivity contribution in [1.82, 2.24) is 10.3 Å². The molecular formula is C14H15ClN2S. The topological polar surface area (TPSA) is 24.9 Å². The van der Waals surface area contributed by atoms with Crippen molar-refractivity contribution in [2.75, 3.05) is 7.05 Å². The molecule has 0 aliphatic rings. The fourth-order valence-electron chi connectivity index (χ4n) is 1.50. The van der Waals surface area contributed by atoms with Gasteiger partial charge in [-0.05, 0) is 49.9 Å². The lowest BCUT2D eigenvalue weighted by Gasteiger charge is -2.10. The van der Waals surface area contributed by atoms with E-state index in [0.29, 0.717) is 6.04 Å². The van der Waals surface area contributed by atoms with Gasteiger partial charge in [0.25, 0.3) is 0 Å². The first-order valence-corrected chi connectivity index (χ1v) is 6.95. The second-order valence-electron chi connectivity index (χ2n) is 4.00. The van der Waals surface area contributed by atoms with Crippen LogP contribution in [0.5, 0.6) is 0 Å². The lowest BCUT2D eigenvalue weighted by Crippen LogP contribution is -2.12. The summed E-state index contributed by atoms with van der Waals surface area (Å²) >= 11 is 7.49. The SMILES string of the molecule is CNC(C)c1ccc(Sc2ccc(Cl)cc2)nc1. The molecule has 1 aromatic heterocycles. The van der Waals surface area contributed by atoms with E-state index in [1.807, 2.05) is 43.6 Å². The molecule has 4 heteroatoms. The highest BCUT2D eigenvalue weighted by atomic mass is 35.5. The lowest BCUT2D eigenvalue weighted by atomic mass is 10.1. The van der Waals surface area contributed by atoms with Crippen molar-refractivity contribution in [2.45, 2.75) is 22.9 Å². The van der Waals surface area contributed by atoms with E-state index in [1.54, 1.807) is 11.8 Å². The van der Waals surface area contributed by atoms with E-state index in [-0.39, 0.29) is 0 Å².